The second-order valence-corrected chi connectivity index (χ2v) is 8.74. The van der Waals surface area contributed by atoms with Crippen molar-refractivity contribution in [3.05, 3.63) is 89.2 Å². The van der Waals surface area contributed by atoms with Crippen molar-refractivity contribution in [3.63, 3.8) is 0 Å². The number of fused-ring (bicyclic) bond motifs is 2. The number of halogens is 3. The van der Waals surface area contributed by atoms with Crippen LogP contribution in [0.4, 0.5) is 13.2 Å². The molecule has 0 spiro atoms. The number of alkyl halides is 2. The fraction of sp³-hybridized carbons (Fsp3) is 0.269. The van der Waals surface area contributed by atoms with E-state index in [9.17, 15) is 18.0 Å². The van der Waals surface area contributed by atoms with E-state index in [-0.39, 0.29) is 12.6 Å². The number of para-hydroxylation sites is 1. The molecule has 3 aliphatic rings. The molecule has 4 unspecified atom stereocenters. The fourth-order valence-corrected chi connectivity index (χ4v) is 4.87. The Morgan fingerprint density at radius 3 is 2.47 bits per heavy atom. The summed E-state index contributed by atoms with van der Waals surface area (Å²) in [7, 11) is 0. The van der Waals surface area contributed by atoms with E-state index < -0.39 is 35.8 Å². The van der Waals surface area contributed by atoms with E-state index in [0.29, 0.717) is 29.2 Å². The van der Waals surface area contributed by atoms with Crippen LogP contribution in [0.5, 0.6) is 17.2 Å². The van der Waals surface area contributed by atoms with E-state index in [2.05, 4.69) is 5.32 Å². The second-order valence-electron chi connectivity index (χ2n) is 8.74. The minimum Gasteiger partial charge on any atom is -0.485 e. The van der Waals surface area contributed by atoms with Gasteiger partial charge in [0, 0.05) is 12.0 Å². The molecule has 2 heterocycles. The standard InChI is InChI=1S/C26H20F3NO4/c27-16-8-5-14(6-9-16)21-12-18(17-3-1-2-4-19(17)34-21)30-25(31)24-23(26(24,28)29)15-7-10-20-22(11-15)33-13-32-20/h1-11,18,21,23-24H,12-13H2,(H,30,31). The van der Waals surface area contributed by atoms with Crippen LogP contribution in [0, 0.1) is 11.7 Å². The molecular formula is C26H20F3NO4. The molecule has 8 heteroatoms. The highest BCUT2D eigenvalue weighted by atomic mass is 19.3. The summed E-state index contributed by atoms with van der Waals surface area (Å²) in [6.07, 6.45) is -0.119. The van der Waals surface area contributed by atoms with Gasteiger partial charge in [-0.1, -0.05) is 36.4 Å². The van der Waals surface area contributed by atoms with Crippen molar-refractivity contribution in [1.29, 1.82) is 0 Å². The lowest BCUT2D eigenvalue weighted by Gasteiger charge is -2.33. The number of benzene rings is 3. The van der Waals surface area contributed by atoms with Crippen molar-refractivity contribution >= 4 is 5.91 Å². The molecule has 0 aromatic heterocycles. The lowest BCUT2D eigenvalue weighted by atomic mass is 9.92. The Kier molecular flexibility index (Phi) is 4.72. The van der Waals surface area contributed by atoms with Gasteiger partial charge in [-0.15, -0.1) is 0 Å². The zero-order chi connectivity index (χ0) is 23.4. The fourth-order valence-electron chi connectivity index (χ4n) is 4.87. The quantitative estimate of drug-likeness (QED) is 0.567. The average molecular weight is 467 g/mol. The zero-order valence-electron chi connectivity index (χ0n) is 17.8. The van der Waals surface area contributed by atoms with Crippen LogP contribution >= 0.6 is 0 Å². The maximum atomic E-state index is 14.8. The smallest absolute Gasteiger partial charge is 0.268 e. The first-order valence-electron chi connectivity index (χ1n) is 11.0. The van der Waals surface area contributed by atoms with Crippen molar-refractivity contribution in [2.24, 2.45) is 5.92 Å². The predicted octanol–water partition coefficient (Wildman–Crippen LogP) is 5.28. The average Bonchev–Trinajstić information content (AvgIpc) is 3.15. The summed E-state index contributed by atoms with van der Waals surface area (Å²) in [5.41, 5.74) is 1.80. The van der Waals surface area contributed by atoms with Crippen LogP contribution in [0.2, 0.25) is 0 Å². The number of carbonyl (C=O) groups excluding carboxylic acids is 1. The molecule has 34 heavy (non-hydrogen) atoms. The summed E-state index contributed by atoms with van der Waals surface area (Å²) in [6, 6.07) is 17.2. The normalized spacial score (nSPS) is 25.7. The molecule has 1 amide bonds. The van der Waals surface area contributed by atoms with E-state index in [1.165, 1.54) is 18.2 Å². The van der Waals surface area contributed by atoms with Crippen LogP contribution in [-0.4, -0.2) is 18.6 Å². The van der Waals surface area contributed by atoms with Gasteiger partial charge in [-0.05, 0) is 41.5 Å². The molecule has 6 rings (SSSR count). The first-order valence-corrected chi connectivity index (χ1v) is 11.0. The lowest BCUT2D eigenvalue weighted by Crippen LogP contribution is -2.35. The molecule has 3 aromatic carbocycles. The summed E-state index contributed by atoms with van der Waals surface area (Å²) >= 11 is 0. The molecule has 5 nitrogen and oxygen atoms in total. The maximum Gasteiger partial charge on any atom is 0.268 e. The summed E-state index contributed by atoms with van der Waals surface area (Å²) in [5.74, 6) is -5.50. The van der Waals surface area contributed by atoms with E-state index in [1.54, 1.807) is 42.5 Å². The lowest BCUT2D eigenvalue weighted by molar-refractivity contribution is -0.125. The number of ether oxygens (including phenoxy) is 3. The molecule has 1 fully saturated rings. The second kappa shape index (κ2) is 7.68. The van der Waals surface area contributed by atoms with E-state index in [4.69, 9.17) is 14.2 Å². The van der Waals surface area contributed by atoms with E-state index in [0.717, 1.165) is 11.1 Å². The van der Waals surface area contributed by atoms with Crippen LogP contribution in [0.1, 0.15) is 41.2 Å². The van der Waals surface area contributed by atoms with Crippen molar-refractivity contribution < 1.29 is 32.2 Å². The Labute approximate surface area is 193 Å². The molecule has 0 saturated heterocycles. The monoisotopic (exact) mass is 467 g/mol. The molecule has 1 saturated carbocycles. The Morgan fingerprint density at radius 1 is 0.912 bits per heavy atom. The number of hydrogen-bond acceptors (Lipinski definition) is 4. The van der Waals surface area contributed by atoms with Crippen molar-refractivity contribution in [1.82, 2.24) is 5.32 Å². The molecule has 1 aliphatic carbocycles. The molecule has 1 N–H and O–H groups in total. The summed E-state index contributed by atoms with van der Waals surface area (Å²) < 4.78 is 59.6. The van der Waals surface area contributed by atoms with Crippen molar-refractivity contribution in [3.8, 4) is 17.2 Å². The van der Waals surface area contributed by atoms with Gasteiger partial charge in [0.15, 0.2) is 11.5 Å². The minimum absolute atomic E-state index is 0.0438. The third kappa shape index (κ3) is 3.45. The largest absolute Gasteiger partial charge is 0.485 e. The molecule has 0 radical (unpaired) electrons. The van der Waals surface area contributed by atoms with Crippen LogP contribution in [0.3, 0.4) is 0 Å². The minimum atomic E-state index is -3.17. The summed E-state index contributed by atoms with van der Waals surface area (Å²) in [6.45, 7) is 0.0438. The highest BCUT2D eigenvalue weighted by molar-refractivity contribution is 5.86. The van der Waals surface area contributed by atoms with Crippen LogP contribution in [-0.2, 0) is 4.79 Å². The topological polar surface area (TPSA) is 56.8 Å². The first-order chi connectivity index (χ1) is 16.4. The number of carbonyl (C=O) groups is 1. The molecule has 2 aliphatic heterocycles. The summed E-state index contributed by atoms with van der Waals surface area (Å²) in [5, 5.41) is 2.83. The van der Waals surface area contributed by atoms with Crippen LogP contribution in [0.25, 0.3) is 0 Å². The number of rotatable bonds is 4. The zero-order valence-corrected chi connectivity index (χ0v) is 17.8. The Bertz CT molecular complexity index is 1260. The highest BCUT2D eigenvalue weighted by Crippen LogP contribution is 2.62. The number of nitrogens with one attached hydrogen (secondary N) is 1. The Balaban J connectivity index is 1.24. The molecular weight excluding hydrogens is 447 g/mol. The maximum absolute atomic E-state index is 14.8. The number of amides is 1. The Morgan fingerprint density at radius 2 is 1.65 bits per heavy atom. The third-order valence-corrected chi connectivity index (χ3v) is 6.66. The van der Waals surface area contributed by atoms with E-state index in [1.807, 2.05) is 6.07 Å². The van der Waals surface area contributed by atoms with Crippen molar-refractivity contribution in [2.75, 3.05) is 6.79 Å². The highest BCUT2D eigenvalue weighted by Gasteiger charge is 2.72. The van der Waals surface area contributed by atoms with Gasteiger partial charge in [-0.3, -0.25) is 4.79 Å². The van der Waals surface area contributed by atoms with Gasteiger partial charge in [-0.25, -0.2) is 13.2 Å². The van der Waals surface area contributed by atoms with Crippen LogP contribution < -0.4 is 19.5 Å². The van der Waals surface area contributed by atoms with Gasteiger partial charge in [0.1, 0.15) is 23.6 Å². The predicted molar refractivity (Wildman–Crippen MR) is 115 cm³/mol. The third-order valence-electron chi connectivity index (χ3n) is 6.66. The SMILES string of the molecule is O=C(NC1CC(c2ccc(F)cc2)Oc2ccccc21)C1C(c2ccc3c(c2)OCO3)C1(F)F. The van der Waals surface area contributed by atoms with E-state index >= 15 is 0 Å². The van der Waals surface area contributed by atoms with Gasteiger partial charge in [0.25, 0.3) is 5.92 Å². The molecule has 4 atom stereocenters. The molecule has 174 valence electrons. The van der Waals surface area contributed by atoms with Gasteiger partial charge in [0.2, 0.25) is 12.7 Å². The summed E-state index contributed by atoms with van der Waals surface area (Å²) in [4.78, 5) is 13.1. The molecule has 3 aromatic rings. The Hall–Kier alpha value is -3.68. The van der Waals surface area contributed by atoms with Gasteiger partial charge in [0.05, 0.1) is 12.0 Å². The van der Waals surface area contributed by atoms with Gasteiger partial charge >= 0.3 is 0 Å². The first kappa shape index (κ1) is 20.9. The van der Waals surface area contributed by atoms with Gasteiger partial charge in [-0.2, -0.15) is 0 Å². The van der Waals surface area contributed by atoms with Crippen LogP contribution in [0.15, 0.2) is 66.7 Å². The van der Waals surface area contributed by atoms with Crippen molar-refractivity contribution in [2.45, 2.75) is 30.4 Å². The molecule has 0 bridgehead atoms. The number of hydrogen-bond donors (Lipinski definition) is 1. The van der Waals surface area contributed by atoms with Gasteiger partial charge < -0.3 is 19.5 Å².